The molecular formula is C6H7Cl. The molecule has 1 rings (SSSR count). The minimum absolute atomic E-state index is 0.460. The smallest absolute Gasteiger partial charge is 0.0246 e. The van der Waals surface area contributed by atoms with E-state index in [4.69, 9.17) is 11.6 Å². The Morgan fingerprint density at radius 1 is 1.71 bits per heavy atom. The largest absolute Gasteiger partial charge is 0.0885 e. The fraction of sp³-hybridized carbons (Fsp3) is 0.333. The molecule has 0 bridgehead atoms. The van der Waals surface area contributed by atoms with Crippen molar-refractivity contribution in [1.29, 1.82) is 0 Å². The average molecular weight is 115 g/mol. The number of halogens is 1. The predicted octanol–water partition coefficient (Wildman–Crippen LogP) is 2.32. The third-order valence-corrected chi connectivity index (χ3v) is 1.56. The van der Waals surface area contributed by atoms with Crippen molar-refractivity contribution < 1.29 is 0 Å². The van der Waals surface area contributed by atoms with E-state index >= 15 is 0 Å². The number of rotatable bonds is 0. The van der Waals surface area contributed by atoms with Crippen molar-refractivity contribution in [2.75, 3.05) is 0 Å². The van der Waals surface area contributed by atoms with Gasteiger partial charge in [-0.25, -0.2) is 0 Å². The molecule has 1 atom stereocenters. The van der Waals surface area contributed by atoms with E-state index in [1.165, 1.54) is 0 Å². The third kappa shape index (κ3) is 0.859. The first-order chi connectivity index (χ1) is 3.30. The van der Waals surface area contributed by atoms with Gasteiger partial charge in [0.1, 0.15) is 0 Å². The van der Waals surface area contributed by atoms with Gasteiger partial charge in [0, 0.05) is 11.0 Å². The van der Waals surface area contributed by atoms with Crippen molar-refractivity contribution >= 4 is 11.6 Å². The summed E-state index contributed by atoms with van der Waals surface area (Å²) < 4.78 is 0. The Morgan fingerprint density at radius 3 is 2.57 bits per heavy atom. The summed E-state index contributed by atoms with van der Waals surface area (Å²) in [5.41, 5.74) is 0. The zero-order chi connectivity index (χ0) is 5.28. The highest BCUT2D eigenvalue weighted by Crippen LogP contribution is 2.20. The van der Waals surface area contributed by atoms with Crippen LogP contribution >= 0.6 is 11.6 Å². The maximum absolute atomic E-state index is 5.66. The van der Waals surface area contributed by atoms with Gasteiger partial charge in [-0.15, -0.1) is 0 Å². The zero-order valence-electron chi connectivity index (χ0n) is 4.19. The highest BCUT2D eigenvalue weighted by Gasteiger charge is 2.03. The molecule has 7 heavy (non-hydrogen) atoms. The van der Waals surface area contributed by atoms with E-state index in [0.29, 0.717) is 5.92 Å². The van der Waals surface area contributed by atoms with Crippen molar-refractivity contribution in [3.05, 3.63) is 23.3 Å². The lowest BCUT2D eigenvalue weighted by Gasteiger charge is -1.93. The van der Waals surface area contributed by atoms with Gasteiger partial charge in [-0.05, 0) is 6.08 Å². The monoisotopic (exact) mass is 114 g/mol. The summed E-state index contributed by atoms with van der Waals surface area (Å²) in [5.74, 6) is 0.460. The first-order valence-electron chi connectivity index (χ1n) is 2.34. The molecule has 0 radical (unpaired) electrons. The minimum atomic E-state index is 0.460. The summed E-state index contributed by atoms with van der Waals surface area (Å²) in [4.78, 5) is 0. The molecule has 0 aromatic heterocycles. The molecule has 0 heterocycles. The molecule has 0 N–H and O–H groups in total. The molecule has 0 aromatic rings. The molecule has 1 aliphatic carbocycles. The Labute approximate surface area is 48.5 Å². The van der Waals surface area contributed by atoms with E-state index in [0.717, 1.165) is 5.03 Å². The lowest BCUT2D eigenvalue weighted by atomic mass is 10.2. The first-order valence-corrected chi connectivity index (χ1v) is 2.72. The normalized spacial score (nSPS) is 28.3. The fourth-order valence-electron chi connectivity index (χ4n) is 0.558. The van der Waals surface area contributed by atoms with Crippen LogP contribution in [0.2, 0.25) is 0 Å². The van der Waals surface area contributed by atoms with Gasteiger partial charge in [-0.3, -0.25) is 0 Å². The molecule has 0 amide bonds. The van der Waals surface area contributed by atoms with Crippen LogP contribution in [0, 0.1) is 5.92 Å². The van der Waals surface area contributed by atoms with Gasteiger partial charge >= 0.3 is 0 Å². The van der Waals surface area contributed by atoms with Crippen molar-refractivity contribution in [3.8, 4) is 0 Å². The van der Waals surface area contributed by atoms with E-state index in [9.17, 15) is 0 Å². The quantitative estimate of drug-likeness (QED) is 0.454. The number of hydrogen-bond donors (Lipinski definition) is 0. The van der Waals surface area contributed by atoms with Crippen molar-refractivity contribution in [2.24, 2.45) is 5.92 Å². The second kappa shape index (κ2) is 1.71. The second-order valence-corrected chi connectivity index (χ2v) is 2.16. The summed E-state index contributed by atoms with van der Waals surface area (Å²) in [6.07, 6.45) is 5.97. The molecule has 0 nitrogen and oxygen atoms in total. The SMILES string of the molecule is CC1C=CC=C1Cl. The van der Waals surface area contributed by atoms with Crippen LogP contribution in [0.25, 0.3) is 0 Å². The molecular weight excluding hydrogens is 108 g/mol. The Kier molecular flexibility index (Phi) is 1.20. The van der Waals surface area contributed by atoms with E-state index < -0.39 is 0 Å². The van der Waals surface area contributed by atoms with E-state index in [1.807, 2.05) is 12.2 Å². The molecule has 38 valence electrons. The summed E-state index contributed by atoms with van der Waals surface area (Å²) >= 11 is 5.66. The first kappa shape index (κ1) is 4.92. The van der Waals surface area contributed by atoms with Crippen LogP contribution in [0.15, 0.2) is 23.3 Å². The van der Waals surface area contributed by atoms with E-state index in [2.05, 4.69) is 13.0 Å². The van der Waals surface area contributed by atoms with Gasteiger partial charge in [-0.2, -0.15) is 0 Å². The summed E-state index contributed by atoms with van der Waals surface area (Å²) in [6, 6.07) is 0. The van der Waals surface area contributed by atoms with Gasteiger partial charge in [0.05, 0.1) is 0 Å². The molecule has 0 fully saturated rings. The Morgan fingerprint density at radius 2 is 2.43 bits per heavy atom. The fourth-order valence-corrected chi connectivity index (χ4v) is 0.703. The standard InChI is InChI=1S/C6H7Cl/c1-5-3-2-4-6(5)7/h2-5H,1H3. The van der Waals surface area contributed by atoms with Crippen LogP contribution in [0.5, 0.6) is 0 Å². The van der Waals surface area contributed by atoms with Crippen LogP contribution < -0.4 is 0 Å². The Balaban J connectivity index is 2.69. The average Bonchev–Trinajstić information content (AvgIpc) is 1.91. The molecule has 0 saturated heterocycles. The minimum Gasteiger partial charge on any atom is -0.0885 e. The maximum atomic E-state index is 5.66. The van der Waals surface area contributed by atoms with E-state index in [-0.39, 0.29) is 0 Å². The van der Waals surface area contributed by atoms with Gasteiger partial charge < -0.3 is 0 Å². The van der Waals surface area contributed by atoms with Crippen LogP contribution in [0.3, 0.4) is 0 Å². The summed E-state index contributed by atoms with van der Waals surface area (Å²) in [6.45, 7) is 2.07. The highest BCUT2D eigenvalue weighted by molar-refractivity contribution is 6.30. The van der Waals surface area contributed by atoms with Crippen molar-refractivity contribution in [1.82, 2.24) is 0 Å². The van der Waals surface area contributed by atoms with Crippen molar-refractivity contribution in [3.63, 3.8) is 0 Å². The maximum Gasteiger partial charge on any atom is 0.0246 e. The van der Waals surface area contributed by atoms with Gasteiger partial charge in [0.25, 0.3) is 0 Å². The predicted molar refractivity (Wildman–Crippen MR) is 32.2 cm³/mol. The zero-order valence-corrected chi connectivity index (χ0v) is 4.94. The Hall–Kier alpha value is -0.230. The third-order valence-electron chi connectivity index (χ3n) is 1.09. The molecule has 0 saturated carbocycles. The lowest BCUT2D eigenvalue weighted by molar-refractivity contribution is 0.937. The van der Waals surface area contributed by atoms with E-state index in [1.54, 1.807) is 0 Å². The molecule has 0 aliphatic heterocycles. The second-order valence-electron chi connectivity index (χ2n) is 1.73. The lowest BCUT2D eigenvalue weighted by Crippen LogP contribution is -1.80. The van der Waals surface area contributed by atoms with Gasteiger partial charge in [-0.1, -0.05) is 30.7 Å². The highest BCUT2D eigenvalue weighted by atomic mass is 35.5. The molecule has 1 heteroatoms. The molecule has 0 spiro atoms. The van der Waals surface area contributed by atoms with Crippen molar-refractivity contribution in [2.45, 2.75) is 6.92 Å². The van der Waals surface area contributed by atoms with Crippen LogP contribution in [0.4, 0.5) is 0 Å². The van der Waals surface area contributed by atoms with Crippen LogP contribution in [-0.4, -0.2) is 0 Å². The van der Waals surface area contributed by atoms with Gasteiger partial charge in [0.15, 0.2) is 0 Å². The number of hydrogen-bond acceptors (Lipinski definition) is 0. The summed E-state index contributed by atoms with van der Waals surface area (Å²) in [7, 11) is 0. The van der Waals surface area contributed by atoms with Gasteiger partial charge in [0.2, 0.25) is 0 Å². The summed E-state index contributed by atoms with van der Waals surface area (Å²) in [5, 5.41) is 0.944. The van der Waals surface area contributed by atoms with Crippen LogP contribution in [-0.2, 0) is 0 Å². The topological polar surface area (TPSA) is 0 Å². The molecule has 0 aromatic carbocycles. The Bertz CT molecular complexity index is 122. The number of allylic oxidation sites excluding steroid dienone is 4. The van der Waals surface area contributed by atoms with Crippen LogP contribution in [0.1, 0.15) is 6.92 Å². The molecule has 1 aliphatic rings. The molecule has 1 unspecified atom stereocenters.